The van der Waals surface area contributed by atoms with E-state index in [9.17, 15) is 4.39 Å². The molecular formula is C17H19ClFNO. The van der Waals surface area contributed by atoms with E-state index in [1.54, 1.807) is 12.1 Å². The first-order valence-corrected chi connectivity index (χ1v) is 7.39. The molecule has 112 valence electrons. The van der Waals surface area contributed by atoms with E-state index in [2.05, 4.69) is 12.2 Å². The minimum atomic E-state index is -0.217. The van der Waals surface area contributed by atoms with Gasteiger partial charge in [0.2, 0.25) is 0 Å². The van der Waals surface area contributed by atoms with Crippen LogP contribution in [0, 0.1) is 12.7 Å². The van der Waals surface area contributed by atoms with Crippen LogP contribution in [0.1, 0.15) is 24.5 Å². The Bertz CT molecular complexity index is 616. The number of anilines is 1. The van der Waals surface area contributed by atoms with Gasteiger partial charge in [0.05, 0.1) is 12.3 Å². The number of benzene rings is 2. The molecule has 0 saturated heterocycles. The zero-order valence-electron chi connectivity index (χ0n) is 12.2. The Kier molecular flexibility index (Phi) is 5.45. The summed E-state index contributed by atoms with van der Waals surface area (Å²) in [6.07, 6.45) is 0.944. The summed E-state index contributed by atoms with van der Waals surface area (Å²) in [5, 5.41) is 3.96. The van der Waals surface area contributed by atoms with Crippen molar-refractivity contribution >= 4 is 17.3 Å². The van der Waals surface area contributed by atoms with E-state index in [-0.39, 0.29) is 5.82 Å². The topological polar surface area (TPSA) is 21.3 Å². The van der Waals surface area contributed by atoms with Crippen LogP contribution in [0.4, 0.5) is 10.1 Å². The predicted molar refractivity (Wildman–Crippen MR) is 85.7 cm³/mol. The second-order valence-electron chi connectivity index (χ2n) is 4.91. The molecule has 2 rings (SSSR count). The number of rotatable bonds is 6. The molecule has 4 heteroatoms. The van der Waals surface area contributed by atoms with Gasteiger partial charge in [-0.25, -0.2) is 4.39 Å². The second-order valence-corrected chi connectivity index (χ2v) is 5.35. The number of aryl methyl sites for hydroxylation is 1. The Morgan fingerprint density at radius 1 is 1.19 bits per heavy atom. The predicted octanol–water partition coefficient (Wildman–Crippen LogP) is 5.19. The van der Waals surface area contributed by atoms with Crippen LogP contribution in [0.5, 0.6) is 5.75 Å². The quantitative estimate of drug-likeness (QED) is 0.793. The van der Waals surface area contributed by atoms with Crippen LogP contribution in [0.2, 0.25) is 5.02 Å². The molecule has 0 fully saturated rings. The molecule has 0 spiro atoms. The molecule has 0 heterocycles. The summed E-state index contributed by atoms with van der Waals surface area (Å²) in [5.74, 6) is 0.562. The van der Waals surface area contributed by atoms with E-state index in [1.807, 2.05) is 19.1 Å². The number of hydrogen-bond acceptors (Lipinski definition) is 2. The molecule has 0 aliphatic rings. The van der Waals surface area contributed by atoms with Crippen molar-refractivity contribution in [2.75, 3.05) is 11.9 Å². The molecule has 21 heavy (non-hydrogen) atoms. The number of nitrogens with one attached hydrogen (secondary N) is 1. The molecule has 0 amide bonds. The average molecular weight is 308 g/mol. The molecule has 0 aromatic heterocycles. The van der Waals surface area contributed by atoms with Crippen molar-refractivity contribution < 1.29 is 9.13 Å². The molecule has 0 aliphatic carbocycles. The van der Waals surface area contributed by atoms with Crippen LogP contribution in [-0.4, -0.2) is 6.61 Å². The maximum absolute atomic E-state index is 13.1. The Morgan fingerprint density at radius 2 is 2.00 bits per heavy atom. The van der Waals surface area contributed by atoms with Crippen molar-refractivity contribution in [3.8, 4) is 5.75 Å². The van der Waals surface area contributed by atoms with Gasteiger partial charge in [0.15, 0.2) is 0 Å². The van der Waals surface area contributed by atoms with Gasteiger partial charge in [-0.15, -0.1) is 0 Å². The number of halogens is 2. The molecule has 2 aromatic carbocycles. The molecular weight excluding hydrogens is 289 g/mol. The highest BCUT2D eigenvalue weighted by molar-refractivity contribution is 6.30. The molecule has 0 saturated carbocycles. The number of ether oxygens (including phenoxy) is 1. The van der Waals surface area contributed by atoms with Crippen LogP contribution in [0.3, 0.4) is 0 Å². The van der Waals surface area contributed by atoms with Gasteiger partial charge in [0.1, 0.15) is 11.6 Å². The summed E-state index contributed by atoms with van der Waals surface area (Å²) in [5.41, 5.74) is 2.80. The lowest BCUT2D eigenvalue weighted by Gasteiger charge is -2.14. The second kappa shape index (κ2) is 7.32. The average Bonchev–Trinajstić information content (AvgIpc) is 2.45. The van der Waals surface area contributed by atoms with Crippen LogP contribution >= 0.6 is 11.6 Å². The summed E-state index contributed by atoms with van der Waals surface area (Å²) in [6.45, 7) is 5.21. The van der Waals surface area contributed by atoms with Crippen LogP contribution in [0.25, 0.3) is 0 Å². The standard InChI is InChI=1S/C17H19ClFNO/c1-3-8-21-17-7-5-14(18)10-16(17)20-11-13-4-6-15(19)9-12(13)2/h4-7,9-10,20H,3,8,11H2,1-2H3. The molecule has 2 nitrogen and oxygen atoms in total. The minimum Gasteiger partial charge on any atom is -0.491 e. The van der Waals surface area contributed by atoms with E-state index < -0.39 is 0 Å². The Morgan fingerprint density at radius 3 is 2.71 bits per heavy atom. The van der Waals surface area contributed by atoms with Gasteiger partial charge in [-0.1, -0.05) is 24.6 Å². The Balaban J connectivity index is 2.12. The summed E-state index contributed by atoms with van der Waals surface area (Å²) < 4.78 is 18.8. The first kappa shape index (κ1) is 15.6. The van der Waals surface area contributed by atoms with E-state index >= 15 is 0 Å². The lowest BCUT2D eigenvalue weighted by atomic mass is 10.1. The molecule has 0 radical (unpaired) electrons. The van der Waals surface area contributed by atoms with Crippen LogP contribution in [-0.2, 0) is 6.54 Å². The zero-order valence-corrected chi connectivity index (χ0v) is 13.0. The molecule has 0 unspecified atom stereocenters. The number of hydrogen-bond donors (Lipinski definition) is 1. The third-order valence-corrected chi connectivity index (χ3v) is 3.41. The zero-order chi connectivity index (χ0) is 15.2. The van der Waals surface area contributed by atoms with Crippen molar-refractivity contribution in [3.63, 3.8) is 0 Å². The van der Waals surface area contributed by atoms with E-state index in [0.717, 1.165) is 29.0 Å². The highest BCUT2D eigenvalue weighted by Gasteiger charge is 2.06. The maximum atomic E-state index is 13.1. The van der Waals surface area contributed by atoms with Crippen molar-refractivity contribution in [1.82, 2.24) is 0 Å². The minimum absolute atomic E-state index is 0.217. The summed E-state index contributed by atoms with van der Waals surface area (Å²) in [4.78, 5) is 0. The highest BCUT2D eigenvalue weighted by atomic mass is 35.5. The lowest BCUT2D eigenvalue weighted by Crippen LogP contribution is -2.05. The van der Waals surface area contributed by atoms with E-state index in [1.165, 1.54) is 12.1 Å². The molecule has 0 aliphatic heterocycles. The van der Waals surface area contributed by atoms with Gasteiger partial charge < -0.3 is 10.1 Å². The van der Waals surface area contributed by atoms with Crippen molar-refractivity contribution in [1.29, 1.82) is 0 Å². The molecule has 0 atom stereocenters. The van der Waals surface area contributed by atoms with Gasteiger partial charge in [-0.3, -0.25) is 0 Å². The van der Waals surface area contributed by atoms with Crippen molar-refractivity contribution in [3.05, 3.63) is 58.4 Å². The molecule has 2 aromatic rings. The lowest BCUT2D eigenvalue weighted by molar-refractivity contribution is 0.319. The fraction of sp³-hybridized carbons (Fsp3) is 0.294. The summed E-state index contributed by atoms with van der Waals surface area (Å²) in [6, 6.07) is 10.3. The monoisotopic (exact) mass is 307 g/mol. The smallest absolute Gasteiger partial charge is 0.142 e. The van der Waals surface area contributed by atoms with Gasteiger partial charge in [0, 0.05) is 11.6 Å². The van der Waals surface area contributed by atoms with Gasteiger partial charge in [0.25, 0.3) is 0 Å². The van der Waals surface area contributed by atoms with Crippen molar-refractivity contribution in [2.45, 2.75) is 26.8 Å². The van der Waals surface area contributed by atoms with Gasteiger partial charge in [-0.2, -0.15) is 0 Å². The highest BCUT2D eigenvalue weighted by Crippen LogP contribution is 2.29. The third kappa shape index (κ3) is 4.36. The summed E-state index contributed by atoms with van der Waals surface area (Å²) >= 11 is 6.04. The first-order valence-electron chi connectivity index (χ1n) is 7.01. The fourth-order valence-corrected chi connectivity index (χ4v) is 2.20. The molecule has 0 bridgehead atoms. The SMILES string of the molecule is CCCOc1ccc(Cl)cc1NCc1ccc(F)cc1C. The van der Waals surface area contributed by atoms with Gasteiger partial charge in [-0.05, 0) is 54.8 Å². The summed E-state index contributed by atoms with van der Waals surface area (Å²) in [7, 11) is 0. The van der Waals surface area contributed by atoms with Gasteiger partial charge >= 0.3 is 0 Å². The van der Waals surface area contributed by atoms with Crippen molar-refractivity contribution in [2.24, 2.45) is 0 Å². The Labute approximate surface area is 129 Å². The largest absolute Gasteiger partial charge is 0.491 e. The van der Waals surface area contributed by atoms with E-state index in [0.29, 0.717) is 18.2 Å². The normalized spacial score (nSPS) is 10.5. The van der Waals surface area contributed by atoms with Crippen LogP contribution in [0.15, 0.2) is 36.4 Å². The fourth-order valence-electron chi connectivity index (χ4n) is 2.03. The first-order chi connectivity index (χ1) is 10.1. The maximum Gasteiger partial charge on any atom is 0.142 e. The third-order valence-electron chi connectivity index (χ3n) is 3.18. The Hall–Kier alpha value is -1.74. The van der Waals surface area contributed by atoms with Crippen LogP contribution < -0.4 is 10.1 Å². The molecule has 1 N–H and O–H groups in total. The van der Waals surface area contributed by atoms with E-state index in [4.69, 9.17) is 16.3 Å².